The first-order valence-corrected chi connectivity index (χ1v) is 9.11. The van der Waals surface area contributed by atoms with Crippen molar-refractivity contribution in [2.24, 2.45) is 0 Å². The Morgan fingerprint density at radius 2 is 2.08 bits per heavy atom. The Kier molecular flexibility index (Phi) is 6.93. The minimum atomic E-state index is -0.145. The lowest BCUT2D eigenvalue weighted by molar-refractivity contribution is -0.116. The second kappa shape index (κ2) is 9.17. The van der Waals surface area contributed by atoms with Crippen LogP contribution in [0.3, 0.4) is 0 Å². The molecule has 0 radical (unpaired) electrons. The maximum atomic E-state index is 12.2. The highest BCUT2D eigenvalue weighted by Gasteiger charge is 2.08. The summed E-state index contributed by atoms with van der Waals surface area (Å²) in [4.78, 5) is 28.3. The van der Waals surface area contributed by atoms with Crippen molar-refractivity contribution < 1.29 is 9.59 Å². The highest BCUT2D eigenvalue weighted by Crippen LogP contribution is 2.12. The lowest BCUT2D eigenvalue weighted by Gasteiger charge is -2.08. The fraction of sp³-hybridized carbons (Fsp3) is 0.389. The molecule has 5 nitrogen and oxygen atoms in total. The lowest BCUT2D eigenvalue weighted by Crippen LogP contribution is -2.25. The van der Waals surface area contributed by atoms with Crippen molar-refractivity contribution in [3.63, 3.8) is 0 Å². The molecule has 2 amide bonds. The number of nitrogens with zero attached hydrogens (tertiary/aromatic N) is 1. The summed E-state index contributed by atoms with van der Waals surface area (Å²) in [5.74, 6) is -0.181. The van der Waals surface area contributed by atoms with Crippen molar-refractivity contribution in [3.05, 3.63) is 45.9 Å². The van der Waals surface area contributed by atoms with Crippen LogP contribution in [0.1, 0.15) is 47.7 Å². The average molecular weight is 345 g/mol. The quantitative estimate of drug-likeness (QED) is 0.770. The summed E-state index contributed by atoms with van der Waals surface area (Å²) in [6, 6.07) is 6.99. The number of anilines is 1. The molecule has 1 aromatic heterocycles. The van der Waals surface area contributed by atoms with E-state index < -0.39 is 0 Å². The standard InChI is InChI=1S/C18H23N3O2S/c1-3-6-16(22)20-15-8-5-7-13(11-15)18(23)19-10-9-17-21-14(4-2)12-24-17/h5,7-8,11-12H,3-4,6,9-10H2,1-2H3,(H,19,23)(H,20,22). The molecule has 0 saturated carbocycles. The monoisotopic (exact) mass is 345 g/mol. The number of amides is 2. The van der Waals surface area contributed by atoms with Crippen LogP contribution in [0, 0.1) is 0 Å². The molecule has 2 rings (SSSR count). The van der Waals surface area contributed by atoms with E-state index in [0.29, 0.717) is 24.2 Å². The minimum Gasteiger partial charge on any atom is -0.352 e. The van der Waals surface area contributed by atoms with Crippen LogP contribution in [0.15, 0.2) is 29.6 Å². The lowest BCUT2D eigenvalue weighted by atomic mass is 10.2. The number of thiazole rings is 1. The number of hydrogen-bond acceptors (Lipinski definition) is 4. The van der Waals surface area contributed by atoms with Crippen LogP contribution in [0.4, 0.5) is 5.69 Å². The number of carbonyl (C=O) groups is 2. The largest absolute Gasteiger partial charge is 0.352 e. The van der Waals surface area contributed by atoms with Gasteiger partial charge in [-0.15, -0.1) is 11.3 Å². The zero-order chi connectivity index (χ0) is 17.4. The predicted molar refractivity (Wildman–Crippen MR) is 97.5 cm³/mol. The Morgan fingerprint density at radius 3 is 2.79 bits per heavy atom. The van der Waals surface area contributed by atoms with E-state index in [0.717, 1.165) is 30.0 Å². The maximum absolute atomic E-state index is 12.2. The molecule has 2 N–H and O–H groups in total. The van der Waals surface area contributed by atoms with Gasteiger partial charge in [0.2, 0.25) is 5.91 Å². The van der Waals surface area contributed by atoms with Gasteiger partial charge in [-0.2, -0.15) is 0 Å². The van der Waals surface area contributed by atoms with Gasteiger partial charge >= 0.3 is 0 Å². The van der Waals surface area contributed by atoms with Crippen LogP contribution in [0.2, 0.25) is 0 Å². The Hall–Kier alpha value is -2.21. The third-order valence-corrected chi connectivity index (χ3v) is 4.43. The van der Waals surface area contributed by atoms with Gasteiger partial charge in [0.25, 0.3) is 5.91 Å². The van der Waals surface area contributed by atoms with E-state index in [-0.39, 0.29) is 11.8 Å². The van der Waals surface area contributed by atoms with E-state index in [4.69, 9.17) is 0 Å². The zero-order valence-electron chi connectivity index (χ0n) is 14.1. The highest BCUT2D eigenvalue weighted by atomic mass is 32.1. The molecule has 0 saturated heterocycles. The van der Waals surface area contributed by atoms with Crippen LogP contribution < -0.4 is 10.6 Å². The molecule has 0 fully saturated rings. The molecule has 1 aromatic carbocycles. The van der Waals surface area contributed by atoms with Crippen molar-refractivity contribution in [3.8, 4) is 0 Å². The first kappa shape index (κ1) is 18.1. The summed E-state index contributed by atoms with van der Waals surface area (Å²) in [5.41, 5.74) is 2.28. The van der Waals surface area contributed by atoms with E-state index in [1.807, 2.05) is 6.92 Å². The molecule has 0 atom stereocenters. The molecular weight excluding hydrogens is 322 g/mol. The van der Waals surface area contributed by atoms with E-state index in [1.54, 1.807) is 35.6 Å². The van der Waals surface area contributed by atoms with Crippen molar-refractivity contribution in [2.45, 2.75) is 39.5 Å². The van der Waals surface area contributed by atoms with Crippen molar-refractivity contribution in [1.82, 2.24) is 10.3 Å². The van der Waals surface area contributed by atoms with Gasteiger partial charge in [-0.1, -0.05) is 19.9 Å². The molecule has 24 heavy (non-hydrogen) atoms. The fourth-order valence-electron chi connectivity index (χ4n) is 2.20. The van der Waals surface area contributed by atoms with Gasteiger partial charge in [0.05, 0.1) is 10.7 Å². The molecule has 0 aliphatic carbocycles. The first-order chi connectivity index (χ1) is 11.6. The number of benzene rings is 1. The summed E-state index contributed by atoms with van der Waals surface area (Å²) in [6.45, 7) is 4.57. The molecule has 0 unspecified atom stereocenters. The SMILES string of the molecule is CCCC(=O)Nc1cccc(C(=O)NCCc2nc(CC)cs2)c1. The molecule has 0 spiro atoms. The predicted octanol–water partition coefficient (Wildman–Crippen LogP) is 3.42. The normalized spacial score (nSPS) is 10.4. The summed E-state index contributed by atoms with van der Waals surface area (Å²) in [6.07, 6.45) is 2.93. The molecule has 0 bridgehead atoms. The highest BCUT2D eigenvalue weighted by molar-refractivity contribution is 7.09. The van der Waals surface area contributed by atoms with Crippen LogP contribution in [0.25, 0.3) is 0 Å². The van der Waals surface area contributed by atoms with Gasteiger partial charge in [0.15, 0.2) is 0 Å². The Balaban J connectivity index is 1.86. The smallest absolute Gasteiger partial charge is 0.251 e. The third kappa shape index (κ3) is 5.45. The van der Waals surface area contributed by atoms with Crippen LogP contribution in [-0.4, -0.2) is 23.3 Å². The number of hydrogen-bond donors (Lipinski definition) is 2. The number of aromatic nitrogens is 1. The van der Waals surface area contributed by atoms with Crippen molar-refractivity contribution >= 4 is 28.8 Å². The van der Waals surface area contributed by atoms with Gasteiger partial charge in [0.1, 0.15) is 0 Å². The summed E-state index contributed by atoms with van der Waals surface area (Å²) >= 11 is 1.63. The van der Waals surface area contributed by atoms with Gasteiger partial charge in [-0.3, -0.25) is 9.59 Å². The van der Waals surface area contributed by atoms with Crippen LogP contribution in [0.5, 0.6) is 0 Å². The van der Waals surface area contributed by atoms with E-state index in [2.05, 4.69) is 27.9 Å². The second-order valence-electron chi connectivity index (χ2n) is 5.47. The maximum Gasteiger partial charge on any atom is 0.251 e. The molecular formula is C18H23N3O2S. The number of aryl methyl sites for hydroxylation is 1. The Bertz CT molecular complexity index is 697. The number of nitrogens with one attached hydrogen (secondary N) is 2. The van der Waals surface area contributed by atoms with E-state index in [1.165, 1.54) is 0 Å². The van der Waals surface area contributed by atoms with Crippen molar-refractivity contribution in [1.29, 1.82) is 0 Å². The van der Waals surface area contributed by atoms with Gasteiger partial charge in [0, 0.05) is 36.0 Å². The summed E-state index contributed by atoms with van der Waals surface area (Å²) < 4.78 is 0. The Morgan fingerprint density at radius 1 is 1.25 bits per heavy atom. The van der Waals surface area contributed by atoms with E-state index in [9.17, 15) is 9.59 Å². The molecule has 128 valence electrons. The zero-order valence-corrected chi connectivity index (χ0v) is 14.9. The summed E-state index contributed by atoms with van der Waals surface area (Å²) in [5, 5.41) is 8.79. The second-order valence-corrected chi connectivity index (χ2v) is 6.41. The molecule has 2 aromatic rings. The van der Waals surface area contributed by atoms with Crippen LogP contribution in [-0.2, 0) is 17.6 Å². The summed E-state index contributed by atoms with van der Waals surface area (Å²) in [7, 11) is 0. The fourth-order valence-corrected chi connectivity index (χ4v) is 3.08. The van der Waals surface area contributed by atoms with Gasteiger partial charge < -0.3 is 10.6 Å². The Labute approximate surface area is 146 Å². The molecule has 6 heteroatoms. The third-order valence-electron chi connectivity index (χ3n) is 3.47. The van der Waals surface area contributed by atoms with Gasteiger partial charge in [-0.05, 0) is 31.0 Å². The molecule has 0 aliphatic heterocycles. The average Bonchev–Trinajstić information content (AvgIpc) is 3.03. The van der Waals surface area contributed by atoms with Crippen molar-refractivity contribution in [2.75, 3.05) is 11.9 Å². The molecule has 1 heterocycles. The van der Waals surface area contributed by atoms with Gasteiger partial charge in [-0.25, -0.2) is 4.98 Å². The first-order valence-electron chi connectivity index (χ1n) is 8.23. The molecule has 0 aliphatic rings. The number of rotatable bonds is 8. The topological polar surface area (TPSA) is 71.1 Å². The minimum absolute atomic E-state index is 0.0365. The van der Waals surface area contributed by atoms with Crippen LogP contribution >= 0.6 is 11.3 Å². The van der Waals surface area contributed by atoms with E-state index >= 15 is 0 Å². The number of carbonyl (C=O) groups excluding carboxylic acids is 2.